The Kier molecular flexibility index (Phi) is 3.00. The second-order valence-electron chi connectivity index (χ2n) is 3.86. The van der Waals surface area contributed by atoms with E-state index < -0.39 is 0 Å². The van der Waals surface area contributed by atoms with Crippen molar-refractivity contribution >= 4 is 29.0 Å². The van der Waals surface area contributed by atoms with E-state index in [0.29, 0.717) is 33.1 Å². The van der Waals surface area contributed by atoms with Gasteiger partial charge in [0.05, 0.1) is 0 Å². The van der Waals surface area contributed by atoms with E-state index >= 15 is 0 Å². The van der Waals surface area contributed by atoms with Crippen molar-refractivity contribution in [1.82, 2.24) is 19.6 Å². The zero-order valence-electron chi connectivity index (χ0n) is 9.84. The number of aromatic nitrogens is 4. The standard InChI is InChI=1S/C12H8Cl2N4O/c1-7-10(14)17-12-15-6-16-18(12)11(7)19-9-4-2-3-8(13)5-9/h2-6H,1H3. The van der Waals surface area contributed by atoms with E-state index in [1.807, 2.05) is 0 Å². The van der Waals surface area contributed by atoms with Gasteiger partial charge in [-0.25, -0.2) is 0 Å². The van der Waals surface area contributed by atoms with Gasteiger partial charge in [-0.3, -0.25) is 0 Å². The molecule has 0 amide bonds. The number of hydrogen-bond donors (Lipinski definition) is 0. The van der Waals surface area contributed by atoms with E-state index in [2.05, 4.69) is 15.1 Å². The molecular weight excluding hydrogens is 287 g/mol. The summed E-state index contributed by atoms with van der Waals surface area (Å²) < 4.78 is 7.28. The molecule has 0 radical (unpaired) electrons. The van der Waals surface area contributed by atoms with E-state index in [1.165, 1.54) is 10.8 Å². The van der Waals surface area contributed by atoms with Crippen molar-refractivity contribution < 1.29 is 4.74 Å². The lowest BCUT2D eigenvalue weighted by Gasteiger charge is -2.10. The second kappa shape index (κ2) is 4.68. The van der Waals surface area contributed by atoms with Crippen LogP contribution in [-0.2, 0) is 0 Å². The monoisotopic (exact) mass is 294 g/mol. The van der Waals surface area contributed by atoms with Crippen LogP contribution in [-0.4, -0.2) is 19.6 Å². The van der Waals surface area contributed by atoms with Gasteiger partial charge in [-0.05, 0) is 25.1 Å². The first-order chi connectivity index (χ1) is 9.15. The number of rotatable bonds is 2. The first kappa shape index (κ1) is 12.2. The van der Waals surface area contributed by atoms with Crippen LogP contribution >= 0.6 is 23.2 Å². The molecule has 5 nitrogen and oxygen atoms in total. The van der Waals surface area contributed by atoms with Crippen LogP contribution in [0.2, 0.25) is 10.2 Å². The predicted octanol–water partition coefficient (Wildman–Crippen LogP) is 3.53. The van der Waals surface area contributed by atoms with Crippen LogP contribution in [0, 0.1) is 6.92 Å². The first-order valence-corrected chi connectivity index (χ1v) is 6.20. The third-order valence-electron chi connectivity index (χ3n) is 2.56. The van der Waals surface area contributed by atoms with Gasteiger partial charge in [0.2, 0.25) is 5.88 Å². The predicted molar refractivity (Wildman–Crippen MR) is 72.1 cm³/mol. The van der Waals surface area contributed by atoms with E-state index in [1.54, 1.807) is 31.2 Å². The molecular formula is C12H8Cl2N4O. The van der Waals surface area contributed by atoms with Gasteiger partial charge in [0.15, 0.2) is 0 Å². The van der Waals surface area contributed by atoms with E-state index in [0.717, 1.165) is 0 Å². The SMILES string of the molecule is Cc1c(Cl)nc2ncnn2c1Oc1cccc(Cl)c1. The van der Waals surface area contributed by atoms with E-state index in [9.17, 15) is 0 Å². The molecule has 0 saturated carbocycles. The van der Waals surface area contributed by atoms with Crippen LogP contribution in [0.5, 0.6) is 11.6 Å². The minimum Gasteiger partial charge on any atom is -0.438 e. The molecule has 96 valence electrons. The molecule has 3 aromatic rings. The van der Waals surface area contributed by atoms with Gasteiger partial charge in [-0.2, -0.15) is 19.6 Å². The number of benzene rings is 1. The number of halogens is 2. The molecule has 0 bridgehead atoms. The molecule has 0 N–H and O–H groups in total. The van der Waals surface area contributed by atoms with Gasteiger partial charge in [0.25, 0.3) is 5.78 Å². The Morgan fingerprint density at radius 3 is 2.89 bits per heavy atom. The Bertz CT molecular complexity index is 757. The van der Waals surface area contributed by atoms with Crippen LogP contribution < -0.4 is 4.74 Å². The highest BCUT2D eigenvalue weighted by molar-refractivity contribution is 6.30. The third-order valence-corrected chi connectivity index (χ3v) is 3.16. The van der Waals surface area contributed by atoms with Gasteiger partial charge in [0.1, 0.15) is 17.2 Å². The van der Waals surface area contributed by atoms with Crippen LogP contribution in [0.3, 0.4) is 0 Å². The molecule has 7 heteroatoms. The van der Waals surface area contributed by atoms with Gasteiger partial charge in [-0.15, -0.1) is 0 Å². The zero-order valence-corrected chi connectivity index (χ0v) is 11.4. The summed E-state index contributed by atoms with van der Waals surface area (Å²) in [6.45, 7) is 1.80. The number of hydrogen-bond acceptors (Lipinski definition) is 4. The highest BCUT2D eigenvalue weighted by Gasteiger charge is 2.14. The number of nitrogens with zero attached hydrogens (tertiary/aromatic N) is 4. The molecule has 0 aliphatic rings. The van der Waals surface area contributed by atoms with E-state index in [4.69, 9.17) is 27.9 Å². The second-order valence-corrected chi connectivity index (χ2v) is 4.66. The smallest absolute Gasteiger partial charge is 0.256 e. The fraction of sp³-hybridized carbons (Fsp3) is 0.0833. The number of ether oxygens (including phenoxy) is 1. The van der Waals surface area contributed by atoms with Gasteiger partial charge >= 0.3 is 0 Å². The molecule has 2 heterocycles. The Hall–Kier alpha value is -1.85. The normalized spacial score (nSPS) is 10.9. The van der Waals surface area contributed by atoms with Gasteiger partial charge in [0, 0.05) is 10.6 Å². The number of fused-ring (bicyclic) bond motifs is 1. The van der Waals surface area contributed by atoms with Crippen molar-refractivity contribution in [3.05, 3.63) is 46.3 Å². The maximum atomic E-state index is 6.05. The van der Waals surface area contributed by atoms with E-state index in [-0.39, 0.29) is 0 Å². The Morgan fingerprint density at radius 1 is 1.26 bits per heavy atom. The Labute approximate surface area is 118 Å². The molecule has 0 spiro atoms. The largest absolute Gasteiger partial charge is 0.438 e. The molecule has 0 aliphatic heterocycles. The minimum atomic E-state index is 0.331. The molecule has 0 atom stereocenters. The maximum Gasteiger partial charge on any atom is 0.256 e. The summed E-state index contributed by atoms with van der Waals surface area (Å²) in [6.07, 6.45) is 1.39. The highest BCUT2D eigenvalue weighted by Crippen LogP contribution is 2.29. The van der Waals surface area contributed by atoms with Crippen molar-refractivity contribution in [3.63, 3.8) is 0 Å². The third kappa shape index (κ3) is 2.22. The topological polar surface area (TPSA) is 52.3 Å². The lowest BCUT2D eigenvalue weighted by Crippen LogP contribution is -2.01. The maximum absolute atomic E-state index is 6.05. The van der Waals surface area contributed by atoms with Gasteiger partial charge < -0.3 is 4.74 Å². The summed E-state index contributed by atoms with van der Waals surface area (Å²) in [5, 5.41) is 4.98. The van der Waals surface area contributed by atoms with Crippen molar-refractivity contribution in [2.24, 2.45) is 0 Å². The summed E-state index contributed by atoms with van der Waals surface area (Å²) >= 11 is 12.0. The van der Waals surface area contributed by atoms with Crippen LogP contribution in [0.4, 0.5) is 0 Å². The summed E-state index contributed by atoms with van der Waals surface area (Å²) in [5.74, 6) is 1.44. The first-order valence-electron chi connectivity index (χ1n) is 5.44. The summed E-state index contributed by atoms with van der Waals surface area (Å²) in [4.78, 5) is 8.09. The van der Waals surface area contributed by atoms with Crippen molar-refractivity contribution in [1.29, 1.82) is 0 Å². The van der Waals surface area contributed by atoms with Crippen LogP contribution in [0.25, 0.3) is 5.78 Å². The molecule has 2 aromatic heterocycles. The van der Waals surface area contributed by atoms with Crippen molar-refractivity contribution in [3.8, 4) is 11.6 Å². The lowest BCUT2D eigenvalue weighted by atomic mass is 10.3. The Balaban J connectivity index is 2.14. The summed E-state index contributed by atoms with van der Waals surface area (Å²) in [5.41, 5.74) is 0.680. The molecule has 0 saturated heterocycles. The fourth-order valence-electron chi connectivity index (χ4n) is 1.64. The summed E-state index contributed by atoms with van der Waals surface area (Å²) in [7, 11) is 0. The fourth-order valence-corrected chi connectivity index (χ4v) is 1.97. The van der Waals surface area contributed by atoms with Crippen molar-refractivity contribution in [2.75, 3.05) is 0 Å². The minimum absolute atomic E-state index is 0.331. The summed E-state index contributed by atoms with van der Waals surface area (Å²) in [6, 6.07) is 7.07. The molecule has 3 rings (SSSR count). The quantitative estimate of drug-likeness (QED) is 0.679. The Morgan fingerprint density at radius 2 is 2.11 bits per heavy atom. The zero-order chi connectivity index (χ0) is 13.4. The molecule has 0 fully saturated rings. The highest BCUT2D eigenvalue weighted by atomic mass is 35.5. The lowest BCUT2D eigenvalue weighted by molar-refractivity contribution is 0.442. The molecule has 0 unspecified atom stereocenters. The van der Waals surface area contributed by atoms with Gasteiger partial charge in [-0.1, -0.05) is 29.3 Å². The average molecular weight is 295 g/mol. The van der Waals surface area contributed by atoms with Crippen LogP contribution in [0.15, 0.2) is 30.6 Å². The molecule has 19 heavy (non-hydrogen) atoms. The van der Waals surface area contributed by atoms with Crippen LogP contribution in [0.1, 0.15) is 5.56 Å². The molecule has 1 aromatic carbocycles. The average Bonchev–Trinajstić information content (AvgIpc) is 2.83. The molecule has 0 aliphatic carbocycles. The van der Waals surface area contributed by atoms with Crippen molar-refractivity contribution in [2.45, 2.75) is 6.92 Å².